The second-order valence-electron chi connectivity index (χ2n) is 4.47. The summed E-state index contributed by atoms with van der Waals surface area (Å²) in [4.78, 5) is 0. The van der Waals surface area contributed by atoms with Crippen molar-refractivity contribution in [2.75, 3.05) is 13.9 Å². The predicted octanol–water partition coefficient (Wildman–Crippen LogP) is 4.97. The topological polar surface area (TPSA) is 18.5 Å². The first-order valence-electron chi connectivity index (χ1n) is 6.86. The summed E-state index contributed by atoms with van der Waals surface area (Å²) < 4.78 is 10.3. The van der Waals surface area contributed by atoms with Gasteiger partial charge in [0.25, 0.3) is 0 Å². The van der Waals surface area contributed by atoms with E-state index in [0.717, 1.165) is 5.75 Å². The molecule has 0 aliphatic heterocycles. The van der Waals surface area contributed by atoms with E-state index in [1.165, 1.54) is 16.3 Å². The minimum Gasteiger partial charge on any atom is -0.468 e. The van der Waals surface area contributed by atoms with Crippen LogP contribution in [-0.2, 0) is 4.74 Å². The van der Waals surface area contributed by atoms with E-state index in [-0.39, 0.29) is 6.79 Å². The highest BCUT2D eigenvalue weighted by Crippen LogP contribution is 2.24. The number of ether oxygens (including phenoxy) is 2. The quantitative estimate of drug-likeness (QED) is 0.722. The highest BCUT2D eigenvalue weighted by atomic mass is 16.7. The van der Waals surface area contributed by atoms with Gasteiger partial charge in [0, 0.05) is 7.11 Å². The Morgan fingerprint density at radius 2 is 1.58 bits per heavy atom. The van der Waals surface area contributed by atoms with Crippen molar-refractivity contribution >= 4 is 10.8 Å². The summed E-state index contributed by atoms with van der Waals surface area (Å²) in [6.07, 6.45) is 0. The average molecular weight is 260 g/mol. The number of hydrogen-bond acceptors (Lipinski definition) is 2. The molecule has 0 heterocycles. The lowest BCUT2D eigenvalue weighted by atomic mass is 9.99. The van der Waals surface area contributed by atoms with Crippen molar-refractivity contribution in [3.63, 3.8) is 0 Å². The number of fused-ring (bicyclic) bond motifs is 1. The van der Waals surface area contributed by atoms with Crippen molar-refractivity contribution in [2.45, 2.75) is 33.6 Å². The van der Waals surface area contributed by atoms with Gasteiger partial charge in [-0.1, -0.05) is 52.0 Å². The second-order valence-corrected chi connectivity index (χ2v) is 4.47. The standard InChI is InChI=1S/C15H18O2.C2H6/c1-11(2)12-4-5-14-9-15(17-10-16-3)7-6-13(14)8-12;1-2/h4-9,11H,10H2,1-3H3;1-2H3. The third-order valence-corrected chi connectivity index (χ3v) is 2.85. The second kappa shape index (κ2) is 7.80. The van der Waals surface area contributed by atoms with Crippen LogP contribution in [0.2, 0.25) is 0 Å². The molecule has 0 aliphatic rings. The van der Waals surface area contributed by atoms with Crippen molar-refractivity contribution < 1.29 is 9.47 Å². The monoisotopic (exact) mass is 260 g/mol. The molecule has 0 amide bonds. The third kappa shape index (κ3) is 4.25. The average Bonchev–Trinajstić information content (AvgIpc) is 2.46. The van der Waals surface area contributed by atoms with Gasteiger partial charge in [-0.2, -0.15) is 0 Å². The normalized spacial score (nSPS) is 10.2. The van der Waals surface area contributed by atoms with Crippen LogP contribution in [0.3, 0.4) is 0 Å². The summed E-state index contributed by atoms with van der Waals surface area (Å²) in [5.41, 5.74) is 1.36. The molecule has 0 aliphatic carbocycles. The Balaban J connectivity index is 0.000000861. The fraction of sp³-hybridized carbons (Fsp3) is 0.412. The molecule has 104 valence electrons. The molecule has 0 bridgehead atoms. The summed E-state index contributed by atoms with van der Waals surface area (Å²) in [6.45, 7) is 8.70. The Hall–Kier alpha value is -1.54. The van der Waals surface area contributed by atoms with Crippen molar-refractivity contribution in [2.24, 2.45) is 0 Å². The molecule has 0 N–H and O–H groups in total. The van der Waals surface area contributed by atoms with Crippen LogP contribution in [0.25, 0.3) is 10.8 Å². The summed E-state index contributed by atoms with van der Waals surface area (Å²) in [7, 11) is 1.62. The van der Waals surface area contributed by atoms with E-state index >= 15 is 0 Å². The first kappa shape index (κ1) is 15.5. The maximum Gasteiger partial charge on any atom is 0.188 e. The minimum absolute atomic E-state index is 0.287. The highest BCUT2D eigenvalue weighted by molar-refractivity contribution is 5.84. The van der Waals surface area contributed by atoms with Crippen LogP contribution in [0, 0.1) is 0 Å². The molecule has 0 saturated carbocycles. The smallest absolute Gasteiger partial charge is 0.188 e. The highest BCUT2D eigenvalue weighted by Gasteiger charge is 2.02. The van der Waals surface area contributed by atoms with Crippen molar-refractivity contribution in [3.8, 4) is 5.75 Å². The zero-order valence-corrected chi connectivity index (χ0v) is 12.6. The van der Waals surface area contributed by atoms with E-state index < -0.39 is 0 Å². The largest absolute Gasteiger partial charge is 0.468 e. The number of hydrogen-bond donors (Lipinski definition) is 0. The van der Waals surface area contributed by atoms with Crippen LogP contribution < -0.4 is 4.74 Å². The lowest BCUT2D eigenvalue weighted by Gasteiger charge is -2.09. The zero-order chi connectivity index (χ0) is 14.3. The van der Waals surface area contributed by atoms with E-state index in [1.54, 1.807) is 7.11 Å². The molecule has 2 heteroatoms. The van der Waals surface area contributed by atoms with Crippen molar-refractivity contribution in [3.05, 3.63) is 42.0 Å². The third-order valence-electron chi connectivity index (χ3n) is 2.85. The van der Waals surface area contributed by atoms with E-state index in [9.17, 15) is 0 Å². The van der Waals surface area contributed by atoms with Gasteiger partial charge in [0.1, 0.15) is 5.75 Å². The molecule has 2 nitrogen and oxygen atoms in total. The minimum atomic E-state index is 0.287. The Morgan fingerprint density at radius 1 is 0.947 bits per heavy atom. The Bertz CT molecular complexity index is 504. The van der Waals surface area contributed by atoms with Crippen LogP contribution in [-0.4, -0.2) is 13.9 Å². The van der Waals surface area contributed by atoms with Crippen molar-refractivity contribution in [1.29, 1.82) is 0 Å². The molecule has 0 radical (unpaired) electrons. The van der Waals surface area contributed by atoms with Crippen LogP contribution in [0.15, 0.2) is 36.4 Å². The van der Waals surface area contributed by atoms with Gasteiger partial charge in [0.2, 0.25) is 0 Å². The van der Waals surface area contributed by atoms with Gasteiger partial charge >= 0.3 is 0 Å². The van der Waals surface area contributed by atoms with Gasteiger partial charge in [-0.15, -0.1) is 0 Å². The van der Waals surface area contributed by atoms with E-state index in [2.05, 4.69) is 38.1 Å². The molecule has 0 unspecified atom stereocenters. The van der Waals surface area contributed by atoms with Gasteiger partial charge in [-0.05, 0) is 34.4 Å². The first-order chi connectivity index (χ1) is 9.20. The van der Waals surface area contributed by atoms with E-state index in [4.69, 9.17) is 9.47 Å². The molecule has 19 heavy (non-hydrogen) atoms. The molecule has 0 saturated heterocycles. The zero-order valence-electron chi connectivity index (χ0n) is 12.6. The molecule has 0 spiro atoms. The fourth-order valence-corrected chi connectivity index (χ4v) is 1.82. The maximum absolute atomic E-state index is 5.42. The van der Waals surface area contributed by atoms with Crippen LogP contribution in [0.1, 0.15) is 39.2 Å². The summed E-state index contributed by atoms with van der Waals surface area (Å²) in [5, 5.41) is 2.45. The summed E-state index contributed by atoms with van der Waals surface area (Å²) in [5.74, 6) is 1.40. The van der Waals surface area contributed by atoms with Gasteiger partial charge < -0.3 is 9.47 Å². The first-order valence-corrected chi connectivity index (χ1v) is 6.86. The van der Waals surface area contributed by atoms with E-state index in [0.29, 0.717) is 5.92 Å². The molecule has 0 atom stereocenters. The number of methoxy groups -OCH3 is 1. The van der Waals surface area contributed by atoms with Gasteiger partial charge in [-0.3, -0.25) is 0 Å². The maximum atomic E-state index is 5.42. The van der Waals surface area contributed by atoms with Crippen LogP contribution in [0.4, 0.5) is 0 Å². The molecule has 2 rings (SSSR count). The Labute approximate surface area is 116 Å². The van der Waals surface area contributed by atoms with Crippen LogP contribution in [0.5, 0.6) is 5.75 Å². The lowest BCUT2D eigenvalue weighted by molar-refractivity contribution is 0.0512. The number of benzene rings is 2. The molecule has 2 aromatic rings. The van der Waals surface area contributed by atoms with Gasteiger partial charge in [0.15, 0.2) is 6.79 Å². The van der Waals surface area contributed by atoms with E-state index in [1.807, 2.05) is 26.0 Å². The molecule has 2 aromatic carbocycles. The van der Waals surface area contributed by atoms with Gasteiger partial charge in [-0.25, -0.2) is 0 Å². The molecule has 0 aromatic heterocycles. The van der Waals surface area contributed by atoms with Crippen molar-refractivity contribution in [1.82, 2.24) is 0 Å². The molecular formula is C17H24O2. The molecule has 0 fully saturated rings. The summed E-state index contributed by atoms with van der Waals surface area (Å²) in [6, 6.07) is 12.7. The Morgan fingerprint density at radius 3 is 2.21 bits per heavy atom. The lowest BCUT2D eigenvalue weighted by Crippen LogP contribution is -1.98. The van der Waals surface area contributed by atoms with Crippen LogP contribution >= 0.6 is 0 Å². The number of rotatable bonds is 4. The predicted molar refractivity (Wildman–Crippen MR) is 81.9 cm³/mol. The molecular weight excluding hydrogens is 236 g/mol. The fourth-order valence-electron chi connectivity index (χ4n) is 1.82. The summed E-state index contributed by atoms with van der Waals surface area (Å²) >= 11 is 0. The Kier molecular flexibility index (Phi) is 6.37. The SMILES string of the molecule is CC.COCOc1ccc2cc(C(C)C)ccc2c1. The van der Waals surface area contributed by atoms with Gasteiger partial charge in [0.05, 0.1) is 0 Å².